The lowest BCUT2D eigenvalue weighted by Crippen LogP contribution is -2.42. The van der Waals surface area contributed by atoms with Gasteiger partial charge in [-0.3, -0.25) is 24.4 Å². The van der Waals surface area contributed by atoms with Gasteiger partial charge in [0.05, 0.1) is 7.11 Å². The van der Waals surface area contributed by atoms with E-state index in [1.165, 1.54) is 17.9 Å². The first-order chi connectivity index (χ1) is 14.3. The number of hydrogen-bond acceptors (Lipinski definition) is 6. The molecular weight excluding hydrogens is 422 g/mol. The summed E-state index contributed by atoms with van der Waals surface area (Å²) in [6, 6.07) is 6.82. The Hall–Kier alpha value is -3.20. The summed E-state index contributed by atoms with van der Waals surface area (Å²) >= 11 is 0. The smallest absolute Gasteiger partial charge is 0.305 e. The quantitative estimate of drug-likeness (QED) is 0.406. The van der Waals surface area contributed by atoms with Crippen molar-refractivity contribution in [3.05, 3.63) is 51.9 Å². The van der Waals surface area contributed by atoms with Crippen LogP contribution in [0.3, 0.4) is 0 Å². The Morgan fingerprint density at radius 1 is 1.23 bits per heavy atom. The fraction of sp³-hybridized carbons (Fsp3) is 0.381. The number of amides is 1. The number of nitrogen functional groups attached to an aromatic ring is 1. The SMILES string of the molecule is COC(=O)CC1CCN(C(=O)c2cnc(-c3ccc(C(=N)N)cc3)n(C)c2=O)CC1.Cl. The maximum Gasteiger partial charge on any atom is 0.305 e. The van der Waals surface area contributed by atoms with E-state index in [1.807, 2.05) is 0 Å². The summed E-state index contributed by atoms with van der Waals surface area (Å²) < 4.78 is 6.05. The number of esters is 1. The number of methoxy groups -OCH3 is 1. The van der Waals surface area contributed by atoms with E-state index in [1.54, 1.807) is 36.2 Å². The third-order valence-electron chi connectivity index (χ3n) is 5.44. The number of halogens is 1. The molecule has 1 aromatic carbocycles. The molecule has 166 valence electrons. The fourth-order valence-corrected chi connectivity index (χ4v) is 3.59. The number of nitrogens with two attached hydrogens (primary N) is 1. The summed E-state index contributed by atoms with van der Waals surface area (Å²) in [6.07, 6.45) is 3.04. The maximum absolute atomic E-state index is 12.9. The van der Waals surface area contributed by atoms with E-state index in [4.69, 9.17) is 15.9 Å². The monoisotopic (exact) mass is 447 g/mol. The van der Waals surface area contributed by atoms with E-state index >= 15 is 0 Å². The highest BCUT2D eigenvalue weighted by Gasteiger charge is 2.27. The molecule has 0 aliphatic carbocycles. The zero-order valence-corrected chi connectivity index (χ0v) is 18.3. The summed E-state index contributed by atoms with van der Waals surface area (Å²) in [5.41, 5.74) is 6.33. The van der Waals surface area contributed by atoms with E-state index < -0.39 is 5.56 Å². The number of benzene rings is 1. The Kier molecular flexibility index (Phi) is 7.93. The first-order valence-corrected chi connectivity index (χ1v) is 9.68. The molecule has 2 heterocycles. The molecule has 1 aromatic heterocycles. The van der Waals surface area contributed by atoms with Crippen LogP contribution in [-0.4, -0.2) is 52.4 Å². The highest BCUT2D eigenvalue weighted by molar-refractivity contribution is 5.95. The molecule has 9 nitrogen and oxygen atoms in total. The van der Waals surface area contributed by atoms with Gasteiger partial charge in [-0.15, -0.1) is 12.4 Å². The van der Waals surface area contributed by atoms with Crippen LogP contribution >= 0.6 is 12.4 Å². The van der Waals surface area contributed by atoms with Crippen LogP contribution in [0.25, 0.3) is 11.4 Å². The van der Waals surface area contributed by atoms with Crippen LogP contribution in [0.1, 0.15) is 35.2 Å². The molecule has 10 heteroatoms. The van der Waals surface area contributed by atoms with Crippen molar-refractivity contribution in [1.29, 1.82) is 5.41 Å². The maximum atomic E-state index is 12.9. The zero-order valence-electron chi connectivity index (χ0n) is 17.5. The molecule has 3 N–H and O–H groups in total. The lowest BCUT2D eigenvalue weighted by atomic mass is 9.93. The minimum absolute atomic E-state index is 0. The Bertz CT molecular complexity index is 1030. The molecule has 1 saturated heterocycles. The van der Waals surface area contributed by atoms with Crippen molar-refractivity contribution in [2.45, 2.75) is 19.3 Å². The Morgan fingerprint density at radius 2 is 1.84 bits per heavy atom. The number of carbonyl (C=O) groups is 2. The van der Waals surface area contributed by atoms with Gasteiger partial charge in [-0.25, -0.2) is 4.98 Å². The number of rotatable bonds is 5. The number of piperidine rings is 1. The Balaban J connectivity index is 0.00000341. The molecule has 3 rings (SSSR count). The van der Waals surface area contributed by atoms with Crippen LogP contribution in [0, 0.1) is 11.3 Å². The van der Waals surface area contributed by atoms with E-state index in [9.17, 15) is 14.4 Å². The first kappa shape index (κ1) is 24.1. The van der Waals surface area contributed by atoms with E-state index in [-0.39, 0.29) is 41.6 Å². The molecule has 0 spiro atoms. The third kappa shape index (κ3) is 5.29. The van der Waals surface area contributed by atoms with Gasteiger partial charge >= 0.3 is 5.97 Å². The van der Waals surface area contributed by atoms with Gasteiger partial charge in [0.25, 0.3) is 11.5 Å². The van der Waals surface area contributed by atoms with Crippen LogP contribution in [0.4, 0.5) is 0 Å². The van der Waals surface area contributed by atoms with E-state index in [0.717, 1.165) is 0 Å². The van der Waals surface area contributed by atoms with Crippen molar-refractivity contribution in [1.82, 2.24) is 14.5 Å². The van der Waals surface area contributed by atoms with Crippen molar-refractivity contribution >= 4 is 30.1 Å². The van der Waals surface area contributed by atoms with Crippen LogP contribution in [0.2, 0.25) is 0 Å². The standard InChI is InChI=1S/C21H25N5O4.ClH/c1-25-19(15-5-3-14(4-6-15)18(22)23)24-12-16(20(25)28)21(29)26-9-7-13(8-10-26)11-17(27)30-2;/h3-6,12-13H,7-11H2,1-2H3,(H3,22,23);1H. The molecule has 0 unspecified atom stereocenters. The average Bonchev–Trinajstić information content (AvgIpc) is 2.75. The molecule has 1 fully saturated rings. The van der Waals surface area contributed by atoms with Crippen LogP contribution in [0.5, 0.6) is 0 Å². The Morgan fingerprint density at radius 3 is 2.39 bits per heavy atom. The molecule has 31 heavy (non-hydrogen) atoms. The summed E-state index contributed by atoms with van der Waals surface area (Å²) in [6.45, 7) is 0.968. The molecule has 1 aliphatic rings. The lowest BCUT2D eigenvalue weighted by Gasteiger charge is -2.31. The van der Waals surface area contributed by atoms with Gasteiger partial charge in [0.15, 0.2) is 0 Å². The predicted octanol–water partition coefficient (Wildman–Crippen LogP) is 1.57. The summed E-state index contributed by atoms with van der Waals surface area (Å²) in [5.74, 6) is -0.0335. The second-order valence-electron chi connectivity index (χ2n) is 7.37. The third-order valence-corrected chi connectivity index (χ3v) is 5.44. The summed E-state index contributed by atoms with van der Waals surface area (Å²) in [4.78, 5) is 43.1. The van der Waals surface area contributed by atoms with Gasteiger partial charge in [0.1, 0.15) is 17.2 Å². The Labute approximate surface area is 186 Å². The molecule has 2 aromatic rings. The minimum atomic E-state index is -0.419. The number of carbonyl (C=O) groups excluding carboxylic acids is 2. The number of ether oxygens (including phenoxy) is 1. The number of nitrogens with zero attached hydrogens (tertiary/aromatic N) is 3. The summed E-state index contributed by atoms with van der Waals surface area (Å²) in [5, 5.41) is 7.46. The number of hydrogen-bond donors (Lipinski definition) is 2. The number of aromatic nitrogens is 2. The second kappa shape index (κ2) is 10.2. The van der Waals surface area contributed by atoms with Gasteiger partial charge in [-0.1, -0.05) is 24.3 Å². The van der Waals surface area contributed by atoms with E-state index in [0.29, 0.717) is 49.3 Å². The van der Waals surface area contributed by atoms with Gasteiger partial charge in [0, 0.05) is 43.9 Å². The predicted molar refractivity (Wildman–Crippen MR) is 118 cm³/mol. The number of nitrogens with one attached hydrogen (secondary N) is 1. The number of amidine groups is 1. The van der Waals surface area contributed by atoms with Crippen molar-refractivity contribution in [3.8, 4) is 11.4 Å². The van der Waals surface area contributed by atoms with Gasteiger partial charge < -0.3 is 15.4 Å². The molecule has 1 amide bonds. The highest BCUT2D eigenvalue weighted by atomic mass is 35.5. The molecule has 1 aliphatic heterocycles. The van der Waals surface area contributed by atoms with Crippen molar-refractivity contribution in [3.63, 3.8) is 0 Å². The summed E-state index contributed by atoms with van der Waals surface area (Å²) in [7, 11) is 2.94. The average molecular weight is 448 g/mol. The van der Waals surface area contributed by atoms with Crippen molar-refractivity contribution in [2.24, 2.45) is 18.7 Å². The van der Waals surface area contributed by atoms with Gasteiger partial charge in [0.2, 0.25) is 0 Å². The topological polar surface area (TPSA) is 131 Å². The van der Waals surface area contributed by atoms with Crippen LogP contribution < -0.4 is 11.3 Å². The number of likely N-dealkylation sites (tertiary alicyclic amines) is 1. The molecule has 0 atom stereocenters. The second-order valence-corrected chi connectivity index (χ2v) is 7.37. The first-order valence-electron chi connectivity index (χ1n) is 9.68. The molecule has 0 bridgehead atoms. The normalized spacial score (nSPS) is 13.9. The highest BCUT2D eigenvalue weighted by Crippen LogP contribution is 2.22. The minimum Gasteiger partial charge on any atom is -0.469 e. The van der Waals surface area contributed by atoms with Gasteiger partial charge in [-0.05, 0) is 18.8 Å². The van der Waals surface area contributed by atoms with E-state index in [2.05, 4.69) is 4.98 Å². The molecule has 0 radical (unpaired) electrons. The largest absolute Gasteiger partial charge is 0.469 e. The van der Waals surface area contributed by atoms with Gasteiger partial charge in [-0.2, -0.15) is 0 Å². The fourth-order valence-electron chi connectivity index (χ4n) is 3.59. The lowest BCUT2D eigenvalue weighted by molar-refractivity contribution is -0.142. The van der Waals surface area contributed by atoms with Crippen LogP contribution in [0.15, 0.2) is 35.3 Å². The zero-order chi connectivity index (χ0) is 21.8. The van der Waals surface area contributed by atoms with Crippen molar-refractivity contribution in [2.75, 3.05) is 20.2 Å². The van der Waals surface area contributed by atoms with Crippen molar-refractivity contribution < 1.29 is 14.3 Å². The molecule has 0 saturated carbocycles. The molecular formula is C21H26ClN5O4. The van der Waals surface area contributed by atoms with Crippen LogP contribution in [-0.2, 0) is 16.6 Å².